The number of carboxylic acid groups (broad SMARTS) is 1. The second-order valence-electron chi connectivity index (χ2n) is 4.27. The Kier molecular flexibility index (Phi) is 19.5. The van der Waals surface area contributed by atoms with E-state index >= 15 is 0 Å². The quantitative estimate of drug-likeness (QED) is 0.215. The highest BCUT2D eigenvalue weighted by Crippen LogP contribution is 2.08. The number of ether oxygens (including phenoxy) is 1. The van der Waals surface area contributed by atoms with Gasteiger partial charge >= 0.3 is 22.3 Å². The number of hydrogen-bond acceptors (Lipinski definition) is 6. The van der Waals surface area contributed by atoms with E-state index in [1.807, 2.05) is 18.2 Å². The van der Waals surface area contributed by atoms with E-state index in [0.29, 0.717) is 11.1 Å². The molecule has 29 heavy (non-hydrogen) atoms. The van der Waals surface area contributed by atoms with Gasteiger partial charge in [-0.15, -0.1) is 0 Å². The summed E-state index contributed by atoms with van der Waals surface area (Å²) in [6, 6.07) is 14.0. The number of benzene rings is 2. The van der Waals surface area contributed by atoms with Crippen LogP contribution in [0.3, 0.4) is 0 Å². The van der Waals surface area contributed by atoms with Gasteiger partial charge < -0.3 is 14.9 Å². The van der Waals surface area contributed by atoms with E-state index in [1.54, 1.807) is 30.3 Å². The first-order chi connectivity index (χ1) is 12.9. The average Bonchev–Trinajstić information content (AvgIpc) is 2.62. The average molecular weight is 656 g/mol. The Morgan fingerprint density at radius 1 is 0.897 bits per heavy atom. The van der Waals surface area contributed by atoms with Crippen LogP contribution in [0.25, 0.3) is 0 Å². The summed E-state index contributed by atoms with van der Waals surface area (Å²) in [6.45, 7) is 0. The smallest absolute Gasteiger partial charge is 0.394 e. The summed E-state index contributed by atoms with van der Waals surface area (Å²) in [6.07, 6.45) is 0. The molecule has 4 N–H and O–H groups in total. The van der Waals surface area contributed by atoms with Crippen molar-refractivity contribution in [2.45, 2.75) is 7.43 Å². The van der Waals surface area contributed by atoms with Crippen LogP contribution >= 0.6 is 45.2 Å². The Labute approximate surface area is 197 Å². The molecule has 0 heterocycles. The second kappa shape index (κ2) is 17.5. The summed E-state index contributed by atoms with van der Waals surface area (Å²) in [4.78, 5) is 21.3. The number of aromatic carboxylic acids is 1. The molecule has 0 amide bonds. The van der Waals surface area contributed by atoms with E-state index in [0.717, 1.165) is 14.3 Å². The van der Waals surface area contributed by atoms with Crippen LogP contribution in [0, 0.1) is 7.14 Å². The maximum atomic E-state index is 10.9. The molecule has 2 aromatic rings. The van der Waals surface area contributed by atoms with Gasteiger partial charge in [-0.05, 0) is 81.6 Å². The van der Waals surface area contributed by atoms with E-state index < -0.39 is 16.4 Å². The van der Waals surface area contributed by atoms with Crippen LogP contribution in [-0.2, 0) is 15.1 Å². The summed E-state index contributed by atoms with van der Waals surface area (Å²) in [5, 5.41) is 15.5. The van der Waals surface area contributed by atoms with Gasteiger partial charge in [0.05, 0.1) is 18.2 Å². The fourth-order valence-electron chi connectivity index (χ4n) is 1.35. The molecule has 0 aliphatic carbocycles. The van der Waals surface area contributed by atoms with Crippen LogP contribution in [0.5, 0.6) is 0 Å². The number of esters is 1. The number of hydrogen-bond donors (Lipinski definition) is 4. The highest BCUT2D eigenvalue weighted by atomic mass is 127. The van der Waals surface area contributed by atoms with Crippen LogP contribution in [-0.4, -0.2) is 53.9 Å². The summed E-state index contributed by atoms with van der Waals surface area (Å²) < 4.78 is 38.1. The molecule has 0 unspecified atom stereocenters. The highest BCUT2D eigenvalue weighted by Gasteiger charge is 2.03. The molecule has 0 fully saturated rings. The molecule has 0 bridgehead atoms. The van der Waals surface area contributed by atoms with Gasteiger partial charge in [0.1, 0.15) is 0 Å². The first-order valence-electron chi connectivity index (χ1n) is 6.91. The predicted molar refractivity (Wildman–Crippen MR) is 126 cm³/mol. The molecule has 0 aliphatic rings. The summed E-state index contributed by atoms with van der Waals surface area (Å²) in [7, 11) is -2.29. The first-order valence-corrected chi connectivity index (χ1v) is 10.5. The fraction of sp³-hybridized carbons (Fsp3) is 0.176. The lowest BCUT2D eigenvalue weighted by Crippen LogP contribution is -2.00. The molecule has 0 radical (unpaired) electrons. The Bertz CT molecular complexity index is 847. The van der Waals surface area contributed by atoms with Crippen molar-refractivity contribution in [1.82, 2.24) is 0 Å². The molecule has 2 rings (SSSR count). The zero-order valence-corrected chi connectivity index (χ0v) is 19.7. The largest absolute Gasteiger partial charge is 0.478 e. The van der Waals surface area contributed by atoms with Crippen molar-refractivity contribution in [3.63, 3.8) is 0 Å². The predicted octanol–water partition coefficient (Wildman–Crippen LogP) is 3.66. The molecule has 0 spiro atoms. The molecule has 0 aromatic heterocycles. The minimum Gasteiger partial charge on any atom is -0.478 e. The number of rotatable bonds is 2. The number of aliphatic hydroxyl groups excluding tert-OH is 1. The van der Waals surface area contributed by atoms with E-state index in [4.69, 9.17) is 27.7 Å². The second-order valence-corrected chi connectivity index (χ2v) is 7.65. The van der Waals surface area contributed by atoms with Crippen LogP contribution in [0.4, 0.5) is 0 Å². The molecule has 12 heteroatoms. The van der Waals surface area contributed by atoms with Crippen molar-refractivity contribution in [3.8, 4) is 0 Å². The summed E-state index contributed by atoms with van der Waals surface area (Å²) >= 11 is 4.22. The Hall–Kier alpha value is -1.33. The van der Waals surface area contributed by atoms with Crippen molar-refractivity contribution >= 4 is 67.5 Å². The van der Waals surface area contributed by atoms with E-state index in [-0.39, 0.29) is 13.4 Å². The maximum absolute atomic E-state index is 10.9. The molecule has 9 nitrogen and oxygen atoms in total. The number of carbonyl (C=O) groups is 2. The number of carbonyl (C=O) groups excluding carboxylic acids is 1. The maximum Gasteiger partial charge on any atom is 0.394 e. The number of carboxylic acids is 1. The third-order valence-corrected chi connectivity index (χ3v) is 3.66. The fourth-order valence-corrected chi connectivity index (χ4v) is 2.44. The van der Waals surface area contributed by atoms with Crippen molar-refractivity contribution in [3.05, 3.63) is 66.8 Å². The molecular formula is C17H22I2O9S. The van der Waals surface area contributed by atoms with E-state index in [2.05, 4.69) is 49.9 Å². The zero-order valence-electron chi connectivity index (χ0n) is 14.6. The molecular weight excluding hydrogens is 634 g/mol. The third-order valence-electron chi connectivity index (χ3n) is 2.32. The van der Waals surface area contributed by atoms with Gasteiger partial charge in [-0.3, -0.25) is 9.11 Å². The number of methoxy groups -OCH3 is 1. The zero-order chi connectivity index (χ0) is 22.3. The SMILES string of the molecule is C.CO.COC(=O)c1cccc(I)c1.O=C(O)c1cccc(I)c1.O=S(=O)(O)O. The van der Waals surface area contributed by atoms with Gasteiger partial charge in [0.25, 0.3) is 0 Å². The van der Waals surface area contributed by atoms with Crippen molar-refractivity contribution in [2.24, 2.45) is 0 Å². The Morgan fingerprint density at radius 3 is 1.52 bits per heavy atom. The molecule has 164 valence electrons. The lowest BCUT2D eigenvalue weighted by atomic mass is 10.2. The Balaban J connectivity index is -0.000000349. The third kappa shape index (κ3) is 19.7. The molecule has 0 saturated carbocycles. The minimum absolute atomic E-state index is 0. The molecule has 0 aliphatic heterocycles. The molecule has 0 atom stereocenters. The minimum atomic E-state index is -4.67. The molecule has 0 saturated heterocycles. The van der Waals surface area contributed by atoms with E-state index in [9.17, 15) is 9.59 Å². The van der Waals surface area contributed by atoms with Crippen LogP contribution in [0.1, 0.15) is 28.1 Å². The van der Waals surface area contributed by atoms with Crippen molar-refractivity contribution in [2.75, 3.05) is 14.2 Å². The van der Waals surface area contributed by atoms with Crippen molar-refractivity contribution in [1.29, 1.82) is 0 Å². The summed E-state index contributed by atoms with van der Waals surface area (Å²) in [5.74, 6) is -1.16. The van der Waals surface area contributed by atoms with Crippen LogP contribution < -0.4 is 0 Å². The van der Waals surface area contributed by atoms with Crippen LogP contribution in [0.15, 0.2) is 48.5 Å². The lowest BCUT2D eigenvalue weighted by molar-refractivity contribution is 0.0599. The van der Waals surface area contributed by atoms with Gasteiger partial charge in [-0.2, -0.15) is 8.42 Å². The topological polar surface area (TPSA) is 158 Å². The van der Waals surface area contributed by atoms with Gasteiger partial charge in [0.15, 0.2) is 0 Å². The summed E-state index contributed by atoms with van der Waals surface area (Å²) in [5.41, 5.74) is 0.936. The first kappa shape index (κ1) is 32.3. The van der Waals surface area contributed by atoms with Gasteiger partial charge in [-0.1, -0.05) is 19.6 Å². The number of halogens is 2. The Morgan fingerprint density at radius 2 is 1.24 bits per heavy atom. The highest BCUT2D eigenvalue weighted by molar-refractivity contribution is 14.1. The number of aliphatic hydroxyl groups is 1. The van der Waals surface area contributed by atoms with Gasteiger partial charge in [-0.25, -0.2) is 9.59 Å². The van der Waals surface area contributed by atoms with Gasteiger partial charge in [0.2, 0.25) is 0 Å². The lowest BCUT2D eigenvalue weighted by Gasteiger charge is -1.97. The van der Waals surface area contributed by atoms with Crippen molar-refractivity contribution < 1.29 is 42.1 Å². The normalized spacial score (nSPS) is 8.93. The standard InChI is InChI=1S/C8H7IO2.C7H5IO2.CH4O.CH4.H2O4S/c1-11-8(10)6-3-2-4-7(9)5-6;8-6-3-1-2-5(4-6)7(9)10;1-2;;1-5(2,3)4/h2-5H,1H3;1-4H,(H,9,10);2H,1H3;1H4;(H2,1,2,3,4). The van der Waals surface area contributed by atoms with E-state index in [1.165, 1.54) is 7.11 Å². The van der Waals surface area contributed by atoms with Gasteiger partial charge in [0, 0.05) is 14.3 Å². The molecule has 2 aromatic carbocycles. The monoisotopic (exact) mass is 656 g/mol. The van der Waals surface area contributed by atoms with Crippen LogP contribution in [0.2, 0.25) is 0 Å².